The number of hydrogen-bond donors (Lipinski definition) is 0. The van der Waals surface area contributed by atoms with Crippen molar-refractivity contribution in [2.75, 3.05) is 9.91 Å². The molecular formula is C17H13FN4O2. The normalized spacial score (nSPS) is 22.4. The molecular weight excluding hydrogens is 311 g/mol. The van der Waals surface area contributed by atoms with Crippen LogP contribution in [0.5, 0.6) is 0 Å². The van der Waals surface area contributed by atoms with Gasteiger partial charge in [0, 0.05) is 0 Å². The number of aryl methyl sites for hydroxylation is 1. The number of carbonyl (C=O) groups is 2. The van der Waals surface area contributed by atoms with E-state index in [9.17, 15) is 14.0 Å². The summed E-state index contributed by atoms with van der Waals surface area (Å²) in [4.78, 5) is 26.4. The average Bonchev–Trinajstić information content (AvgIpc) is 3.10. The third-order valence-electron chi connectivity index (χ3n) is 4.13. The number of fused-ring (bicyclic) bond motifs is 1. The maximum atomic E-state index is 13.1. The molecule has 6 nitrogen and oxygen atoms in total. The van der Waals surface area contributed by atoms with E-state index >= 15 is 0 Å². The lowest BCUT2D eigenvalue weighted by Crippen LogP contribution is -2.39. The van der Waals surface area contributed by atoms with E-state index in [0.29, 0.717) is 11.4 Å². The van der Waals surface area contributed by atoms with Gasteiger partial charge >= 0.3 is 0 Å². The van der Waals surface area contributed by atoms with Crippen LogP contribution in [0.25, 0.3) is 0 Å². The van der Waals surface area contributed by atoms with Gasteiger partial charge in [-0.1, -0.05) is 17.4 Å². The lowest BCUT2D eigenvalue weighted by Gasteiger charge is -2.20. The number of rotatable bonds is 2. The van der Waals surface area contributed by atoms with E-state index in [1.807, 2.05) is 31.2 Å². The Bertz CT molecular complexity index is 865. The van der Waals surface area contributed by atoms with Crippen LogP contribution in [0.4, 0.5) is 15.8 Å². The molecule has 0 bridgehead atoms. The fourth-order valence-electron chi connectivity index (χ4n) is 2.99. The van der Waals surface area contributed by atoms with Crippen LogP contribution in [0.2, 0.25) is 0 Å². The van der Waals surface area contributed by atoms with Crippen LogP contribution in [0.15, 0.2) is 58.9 Å². The minimum atomic E-state index is -0.872. The number of hydrogen-bond acceptors (Lipinski definition) is 5. The number of benzene rings is 2. The number of imide groups is 1. The van der Waals surface area contributed by atoms with Crippen molar-refractivity contribution in [3.8, 4) is 0 Å². The second-order valence-corrected chi connectivity index (χ2v) is 5.77. The zero-order valence-corrected chi connectivity index (χ0v) is 12.8. The smallest absolute Gasteiger partial charge is 0.263 e. The van der Waals surface area contributed by atoms with E-state index in [0.717, 1.165) is 10.5 Å². The van der Waals surface area contributed by atoms with E-state index in [1.54, 1.807) is 0 Å². The SMILES string of the molecule is Cc1cccc(N2N=NC3C(=O)N(c4ccc(F)cc4)C(=O)C32)c1. The van der Waals surface area contributed by atoms with E-state index in [-0.39, 0.29) is 0 Å². The highest BCUT2D eigenvalue weighted by atomic mass is 19.1. The van der Waals surface area contributed by atoms with E-state index in [1.165, 1.54) is 29.3 Å². The molecule has 2 aromatic rings. The Kier molecular flexibility index (Phi) is 3.16. The second-order valence-electron chi connectivity index (χ2n) is 5.77. The number of halogens is 1. The van der Waals surface area contributed by atoms with Gasteiger partial charge in [-0.3, -0.25) is 9.59 Å². The molecule has 2 amide bonds. The summed E-state index contributed by atoms with van der Waals surface area (Å²) in [5.41, 5.74) is 2.05. The maximum absolute atomic E-state index is 13.1. The van der Waals surface area contributed by atoms with Gasteiger partial charge in [0.2, 0.25) is 0 Å². The molecule has 2 unspecified atom stereocenters. The quantitative estimate of drug-likeness (QED) is 0.798. The van der Waals surface area contributed by atoms with Crippen molar-refractivity contribution in [2.45, 2.75) is 19.0 Å². The second kappa shape index (κ2) is 5.23. The van der Waals surface area contributed by atoms with Gasteiger partial charge in [-0.2, -0.15) is 5.11 Å². The van der Waals surface area contributed by atoms with Crippen LogP contribution in [0, 0.1) is 12.7 Å². The molecule has 2 aliphatic heterocycles. The van der Waals surface area contributed by atoms with Gasteiger partial charge in [0.15, 0.2) is 12.1 Å². The zero-order chi connectivity index (χ0) is 16.8. The molecule has 1 saturated heterocycles. The Balaban J connectivity index is 1.70. The first-order valence-electron chi connectivity index (χ1n) is 7.46. The van der Waals surface area contributed by atoms with Crippen LogP contribution in [0.1, 0.15) is 5.56 Å². The third-order valence-corrected chi connectivity index (χ3v) is 4.13. The predicted octanol–water partition coefficient (Wildman–Crippen LogP) is 2.63. The van der Waals surface area contributed by atoms with Gasteiger partial charge in [0.25, 0.3) is 11.8 Å². The zero-order valence-electron chi connectivity index (χ0n) is 12.8. The van der Waals surface area contributed by atoms with Gasteiger partial charge < -0.3 is 0 Å². The van der Waals surface area contributed by atoms with Crippen LogP contribution in [0.3, 0.4) is 0 Å². The minimum Gasteiger partial charge on any atom is -0.271 e. The average molecular weight is 324 g/mol. The van der Waals surface area contributed by atoms with Crippen molar-refractivity contribution in [2.24, 2.45) is 10.3 Å². The highest BCUT2D eigenvalue weighted by Gasteiger charge is 2.55. The largest absolute Gasteiger partial charge is 0.271 e. The summed E-state index contributed by atoms with van der Waals surface area (Å²) in [6.45, 7) is 1.93. The number of carbonyl (C=O) groups excluding carboxylic acids is 2. The minimum absolute atomic E-state index is 0.334. The molecule has 0 saturated carbocycles. The predicted molar refractivity (Wildman–Crippen MR) is 85.0 cm³/mol. The fourth-order valence-corrected chi connectivity index (χ4v) is 2.99. The molecule has 0 radical (unpaired) electrons. The lowest BCUT2D eigenvalue weighted by atomic mass is 10.1. The van der Waals surface area contributed by atoms with Gasteiger partial charge in [0.1, 0.15) is 5.82 Å². The number of anilines is 2. The molecule has 24 heavy (non-hydrogen) atoms. The third kappa shape index (κ3) is 2.09. The first-order valence-corrected chi connectivity index (χ1v) is 7.46. The summed E-state index contributed by atoms with van der Waals surface area (Å²) in [6, 6.07) is 11.0. The molecule has 2 aromatic carbocycles. The Morgan fingerprint density at radius 2 is 1.75 bits per heavy atom. The molecule has 2 atom stereocenters. The van der Waals surface area contributed by atoms with Crippen LogP contribution in [-0.2, 0) is 9.59 Å². The molecule has 1 fully saturated rings. The highest BCUT2D eigenvalue weighted by Crippen LogP contribution is 2.35. The number of amides is 2. The summed E-state index contributed by atoms with van der Waals surface area (Å²) >= 11 is 0. The molecule has 2 aliphatic rings. The Labute approximate surface area is 137 Å². The van der Waals surface area contributed by atoms with Gasteiger partial charge in [-0.05, 0) is 48.9 Å². The Morgan fingerprint density at radius 3 is 2.46 bits per heavy atom. The van der Waals surface area contributed by atoms with Crippen LogP contribution < -0.4 is 9.91 Å². The molecule has 120 valence electrons. The van der Waals surface area contributed by atoms with Crippen molar-refractivity contribution in [1.29, 1.82) is 0 Å². The fraction of sp³-hybridized carbons (Fsp3) is 0.176. The van der Waals surface area contributed by atoms with E-state index in [4.69, 9.17) is 0 Å². The van der Waals surface area contributed by atoms with Crippen molar-refractivity contribution in [1.82, 2.24) is 0 Å². The van der Waals surface area contributed by atoms with Crippen molar-refractivity contribution >= 4 is 23.2 Å². The maximum Gasteiger partial charge on any atom is 0.263 e. The monoisotopic (exact) mass is 324 g/mol. The standard InChI is InChI=1S/C17H13FN4O2/c1-10-3-2-4-13(9-10)22-15-14(19-20-22)16(23)21(17(15)24)12-7-5-11(18)6-8-12/h2-9,14-15H,1H3. The van der Waals surface area contributed by atoms with Crippen molar-refractivity contribution < 1.29 is 14.0 Å². The van der Waals surface area contributed by atoms with E-state index < -0.39 is 29.7 Å². The first kappa shape index (κ1) is 14.5. The first-order chi connectivity index (χ1) is 11.6. The van der Waals surface area contributed by atoms with Gasteiger partial charge in [0.05, 0.1) is 11.4 Å². The van der Waals surface area contributed by atoms with E-state index in [2.05, 4.69) is 10.3 Å². The molecule has 0 aliphatic carbocycles. The summed E-state index contributed by atoms with van der Waals surface area (Å²) < 4.78 is 13.1. The van der Waals surface area contributed by atoms with Gasteiger partial charge in [-0.25, -0.2) is 14.3 Å². The highest BCUT2D eigenvalue weighted by molar-refractivity contribution is 6.26. The molecule has 7 heteroatoms. The molecule has 4 rings (SSSR count). The Morgan fingerprint density at radius 1 is 1.00 bits per heavy atom. The van der Waals surface area contributed by atoms with Crippen LogP contribution in [-0.4, -0.2) is 23.9 Å². The topological polar surface area (TPSA) is 65.3 Å². The number of nitrogens with zero attached hydrogens (tertiary/aromatic N) is 4. The lowest BCUT2D eigenvalue weighted by molar-refractivity contribution is -0.121. The van der Waals surface area contributed by atoms with Crippen LogP contribution >= 0.6 is 0 Å². The molecule has 2 heterocycles. The Hall–Kier alpha value is -3.09. The summed E-state index contributed by atoms with van der Waals surface area (Å²) in [5, 5.41) is 9.45. The van der Waals surface area contributed by atoms with Crippen molar-refractivity contribution in [3.05, 3.63) is 59.9 Å². The summed E-state index contributed by atoms with van der Waals surface area (Å²) in [6.07, 6.45) is 0. The molecule has 0 N–H and O–H groups in total. The molecule has 0 aromatic heterocycles. The summed E-state index contributed by atoms with van der Waals surface area (Å²) in [7, 11) is 0. The summed E-state index contributed by atoms with van der Waals surface area (Å²) in [5.74, 6) is -1.29. The van der Waals surface area contributed by atoms with Crippen molar-refractivity contribution in [3.63, 3.8) is 0 Å². The van der Waals surface area contributed by atoms with Gasteiger partial charge in [-0.15, -0.1) is 0 Å². The molecule has 0 spiro atoms.